The molecule has 0 fully saturated rings. The first-order valence-electron chi connectivity index (χ1n) is 5.50. The fourth-order valence-electron chi connectivity index (χ4n) is 1.39. The van der Waals surface area contributed by atoms with Gasteiger partial charge in [0.1, 0.15) is 0 Å². The molecule has 0 saturated carbocycles. The van der Waals surface area contributed by atoms with Crippen molar-refractivity contribution in [2.24, 2.45) is 0 Å². The van der Waals surface area contributed by atoms with Gasteiger partial charge in [0, 0.05) is 0 Å². The number of hydrogen-bond donors (Lipinski definition) is 0. The smallest absolute Gasteiger partial charge is 0.351 e. The average Bonchev–Trinajstić information content (AvgIpc) is 2.57. The van der Waals surface area contributed by atoms with E-state index in [1.807, 2.05) is 0 Å². The lowest BCUT2D eigenvalue weighted by molar-refractivity contribution is -0.138. The molecule has 1 atom stereocenters. The third kappa shape index (κ3) is 3.01. The van der Waals surface area contributed by atoms with Crippen LogP contribution in [-0.2, 0) is 28.1 Å². The summed E-state index contributed by atoms with van der Waals surface area (Å²) >= 11 is 0. The molecular weight excluding hydrogens is 247 g/mol. The van der Waals surface area contributed by atoms with E-state index in [0.717, 1.165) is 0 Å². The van der Waals surface area contributed by atoms with Gasteiger partial charge >= 0.3 is 11.9 Å². The van der Waals surface area contributed by atoms with Crippen molar-refractivity contribution in [1.29, 1.82) is 0 Å². The molecule has 1 heterocycles. The Bertz CT molecular complexity index is 362. The lowest BCUT2D eigenvalue weighted by atomic mass is 10.6. The van der Waals surface area contributed by atoms with Gasteiger partial charge in [-0.1, -0.05) is 0 Å². The van der Waals surface area contributed by atoms with E-state index in [2.05, 4.69) is 0 Å². The van der Waals surface area contributed by atoms with Gasteiger partial charge in [-0.25, -0.2) is 4.79 Å². The average molecular weight is 264 g/mol. The fraction of sp³-hybridized carbons (Fsp3) is 0.700. The van der Waals surface area contributed by atoms with Crippen molar-refractivity contribution in [2.45, 2.75) is 20.8 Å². The van der Waals surface area contributed by atoms with Crippen LogP contribution < -0.4 is 0 Å². The van der Waals surface area contributed by atoms with Gasteiger partial charge in [0.15, 0.2) is 6.35 Å². The molecule has 1 aliphatic rings. The van der Waals surface area contributed by atoms with Crippen LogP contribution in [0.5, 0.6) is 0 Å². The summed E-state index contributed by atoms with van der Waals surface area (Å²) in [4.78, 5) is 11.7. The van der Waals surface area contributed by atoms with Gasteiger partial charge in [-0.05, 0) is 20.8 Å². The minimum atomic E-state index is -3.29. The number of rotatable bonds is 6. The zero-order valence-corrected chi connectivity index (χ0v) is 11.1. The Labute approximate surface area is 100 Å². The second-order valence-electron chi connectivity index (χ2n) is 3.15. The Kier molecular flexibility index (Phi) is 5.02. The van der Waals surface area contributed by atoms with E-state index in [0.29, 0.717) is 6.61 Å². The zero-order valence-electron chi connectivity index (χ0n) is 10.2. The van der Waals surface area contributed by atoms with Crippen LogP contribution in [0.25, 0.3) is 0 Å². The van der Waals surface area contributed by atoms with E-state index in [9.17, 15) is 9.36 Å². The Morgan fingerprint density at radius 2 is 2.00 bits per heavy atom. The quantitative estimate of drug-likeness (QED) is 0.540. The molecule has 17 heavy (non-hydrogen) atoms. The van der Waals surface area contributed by atoms with Crippen molar-refractivity contribution in [1.82, 2.24) is 0 Å². The van der Waals surface area contributed by atoms with Crippen LogP contribution in [0.1, 0.15) is 20.8 Å². The predicted octanol–water partition coefficient (Wildman–Crippen LogP) is 2.06. The molecule has 0 amide bonds. The maximum Gasteiger partial charge on any atom is 0.351 e. The first kappa shape index (κ1) is 14.1. The summed E-state index contributed by atoms with van der Waals surface area (Å²) in [6.45, 7) is 5.82. The summed E-state index contributed by atoms with van der Waals surface area (Å²) in [6, 6.07) is 0. The number of carbonyl (C=O) groups excluding carboxylic acids is 1. The highest BCUT2D eigenvalue weighted by molar-refractivity contribution is 7.64. The molecule has 0 bridgehead atoms. The van der Waals surface area contributed by atoms with Crippen molar-refractivity contribution >= 4 is 13.3 Å². The summed E-state index contributed by atoms with van der Waals surface area (Å²) in [5, 5.41) is -0.108. The second-order valence-corrected chi connectivity index (χ2v) is 5.46. The van der Waals surface area contributed by atoms with Gasteiger partial charge in [0.2, 0.25) is 5.31 Å². The molecule has 0 radical (unpaired) electrons. The number of hydrogen-bond acceptors (Lipinski definition) is 6. The van der Waals surface area contributed by atoms with Gasteiger partial charge < -0.3 is 18.7 Å². The van der Waals surface area contributed by atoms with E-state index in [-0.39, 0.29) is 30.8 Å². The molecule has 98 valence electrons. The maximum absolute atomic E-state index is 12.4. The van der Waals surface area contributed by atoms with E-state index < -0.39 is 13.3 Å². The highest BCUT2D eigenvalue weighted by Gasteiger charge is 2.46. The lowest BCUT2D eigenvalue weighted by Gasteiger charge is -2.11. The Morgan fingerprint density at radius 1 is 1.29 bits per heavy atom. The third-order valence-electron chi connectivity index (χ3n) is 1.98. The van der Waals surface area contributed by atoms with Crippen molar-refractivity contribution in [3.63, 3.8) is 0 Å². The Hall–Kier alpha value is -1.00. The minimum Gasteiger partial charge on any atom is -0.465 e. The summed E-state index contributed by atoms with van der Waals surface area (Å²) in [7, 11) is -3.29. The van der Waals surface area contributed by atoms with Gasteiger partial charge in [-0.3, -0.25) is 4.57 Å². The molecule has 0 aromatic carbocycles. The standard InChI is InChI=1S/C10H17O6P/c1-4-13-9(11)8-10(14-5-2)15-7-17(8,12)16-6-3/h4-7H2,1-3H3. The van der Waals surface area contributed by atoms with E-state index in [4.69, 9.17) is 18.7 Å². The molecule has 0 saturated heterocycles. The van der Waals surface area contributed by atoms with Gasteiger partial charge in [-0.2, -0.15) is 0 Å². The van der Waals surface area contributed by atoms with Crippen LogP contribution in [0.4, 0.5) is 0 Å². The SMILES string of the molecule is CCOC(=O)C1=C(OCC)OCP1(=O)OCC. The lowest BCUT2D eigenvalue weighted by Crippen LogP contribution is -2.10. The third-order valence-corrected chi connectivity index (χ3v) is 4.17. The number of ether oxygens (including phenoxy) is 3. The molecule has 6 nitrogen and oxygen atoms in total. The minimum absolute atomic E-state index is 0.0391. The maximum atomic E-state index is 12.4. The van der Waals surface area contributed by atoms with Crippen LogP contribution >= 0.6 is 7.37 Å². The highest BCUT2D eigenvalue weighted by atomic mass is 31.2. The van der Waals surface area contributed by atoms with Crippen molar-refractivity contribution in [3.05, 3.63) is 11.3 Å². The fourth-order valence-corrected chi connectivity index (χ4v) is 3.18. The van der Waals surface area contributed by atoms with Crippen molar-refractivity contribution in [2.75, 3.05) is 26.2 Å². The number of esters is 1. The van der Waals surface area contributed by atoms with Crippen LogP contribution in [0, 0.1) is 0 Å². The largest absolute Gasteiger partial charge is 0.465 e. The summed E-state index contributed by atoms with van der Waals surface area (Å²) in [6.07, 6.45) is -0.176. The van der Waals surface area contributed by atoms with Gasteiger partial charge in [0.25, 0.3) is 7.37 Å². The molecule has 1 unspecified atom stereocenters. The predicted molar refractivity (Wildman–Crippen MR) is 60.5 cm³/mol. The molecule has 0 aromatic rings. The second kappa shape index (κ2) is 6.07. The first-order valence-corrected chi connectivity index (χ1v) is 7.31. The van der Waals surface area contributed by atoms with E-state index in [1.54, 1.807) is 20.8 Å². The normalized spacial score (nSPS) is 23.5. The first-order chi connectivity index (χ1) is 8.09. The van der Waals surface area contributed by atoms with E-state index >= 15 is 0 Å². The van der Waals surface area contributed by atoms with Crippen molar-refractivity contribution < 1.29 is 28.1 Å². The van der Waals surface area contributed by atoms with Crippen LogP contribution in [0.15, 0.2) is 11.3 Å². The topological polar surface area (TPSA) is 71.1 Å². The molecule has 0 spiro atoms. The summed E-state index contributed by atoms with van der Waals surface area (Å²) in [5.41, 5.74) is 0. The molecular formula is C10H17O6P. The molecule has 0 N–H and O–H groups in total. The Balaban J connectivity index is 3.04. The zero-order chi connectivity index (χ0) is 12.9. The molecule has 0 aliphatic carbocycles. The van der Waals surface area contributed by atoms with Crippen LogP contribution in [0.3, 0.4) is 0 Å². The van der Waals surface area contributed by atoms with Gasteiger partial charge in [-0.15, -0.1) is 0 Å². The van der Waals surface area contributed by atoms with Gasteiger partial charge in [0.05, 0.1) is 19.8 Å². The summed E-state index contributed by atoms with van der Waals surface area (Å²) < 4.78 is 32.6. The molecule has 1 rings (SSSR count). The van der Waals surface area contributed by atoms with Crippen LogP contribution in [0.2, 0.25) is 0 Å². The molecule has 0 aromatic heterocycles. The van der Waals surface area contributed by atoms with Crippen molar-refractivity contribution in [3.8, 4) is 0 Å². The monoisotopic (exact) mass is 264 g/mol. The summed E-state index contributed by atoms with van der Waals surface area (Å²) in [5.74, 6) is -0.743. The molecule has 7 heteroatoms. The molecule has 1 aliphatic heterocycles. The highest BCUT2D eigenvalue weighted by Crippen LogP contribution is 2.60. The Morgan fingerprint density at radius 3 is 2.53 bits per heavy atom. The van der Waals surface area contributed by atoms with Crippen LogP contribution in [-0.4, -0.2) is 32.1 Å². The van der Waals surface area contributed by atoms with E-state index in [1.165, 1.54) is 0 Å². The number of carbonyl (C=O) groups is 1.